The maximum absolute atomic E-state index is 6.45. The predicted octanol–water partition coefficient (Wildman–Crippen LogP) is 3.40. The van der Waals surface area contributed by atoms with Gasteiger partial charge in [0.1, 0.15) is 0 Å². The van der Waals surface area contributed by atoms with E-state index in [-0.39, 0.29) is 11.5 Å². The summed E-state index contributed by atoms with van der Waals surface area (Å²) in [5.41, 5.74) is 9.03. The summed E-state index contributed by atoms with van der Waals surface area (Å²) >= 11 is 0. The molecule has 2 nitrogen and oxygen atoms in total. The first kappa shape index (κ1) is 10.6. The van der Waals surface area contributed by atoms with Gasteiger partial charge in [-0.3, -0.25) is 0 Å². The zero-order chi connectivity index (χ0) is 11.7. The monoisotopic (exact) mass is 227 g/mol. The fourth-order valence-corrected chi connectivity index (χ4v) is 2.88. The molecule has 0 spiro atoms. The van der Waals surface area contributed by atoms with Crippen LogP contribution in [0.5, 0.6) is 0 Å². The quantitative estimate of drug-likeness (QED) is 0.872. The number of hydrogen-bond donors (Lipinski definition) is 1. The van der Waals surface area contributed by atoms with Crippen molar-refractivity contribution in [3.05, 3.63) is 60.1 Å². The molecule has 2 heteroatoms. The first-order chi connectivity index (χ1) is 8.33. The fourth-order valence-electron chi connectivity index (χ4n) is 2.88. The van der Waals surface area contributed by atoms with Crippen molar-refractivity contribution in [2.45, 2.75) is 30.7 Å². The smallest absolute Gasteiger partial charge is 0.0950 e. The Hall–Kier alpha value is -1.54. The molecular weight excluding hydrogens is 210 g/mol. The minimum atomic E-state index is 0.0393. The van der Waals surface area contributed by atoms with Crippen LogP contribution < -0.4 is 5.73 Å². The van der Waals surface area contributed by atoms with E-state index in [1.165, 1.54) is 24.8 Å². The van der Waals surface area contributed by atoms with Crippen molar-refractivity contribution in [2.24, 2.45) is 5.73 Å². The van der Waals surface area contributed by atoms with Gasteiger partial charge < -0.3 is 10.2 Å². The molecule has 1 aliphatic rings. The van der Waals surface area contributed by atoms with Gasteiger partial charge in [0.25, 0.3) is 0 Å². The molecular formula is C15H17NO. The van der Waals surface area contributed by atoms with Gasteiger partial charge >= 0.3 is 0 Å². The van der Waals surface area contributed by atoms with E-state index >= 15 is 0 Å². The van der Waals surface area contributed by atoms with Crippen molar-refractivity contribution >= 4 is 0 Å². The number of hydrogen-bond acceptors (Lipinski definition) is 2. The first-order valence-corrected chi connectivity index (χ1v) is 6.16. The lowest BCUT2D eigenvalue weighted by Gasteiger charge is -2.46. The third kappa shape index (κ3) is 1.60. The van der Waals surface area contributed by atoms with Gasteiger partial charge in [-0.05, 0) is 24.5 Å². The molecule has 17 heavy (non-hydrogen) atoms. The molecule has 0 saturated heterocycles. The zero-order valence-corrected chi connectivity index (χ0v) is 9.80. The molecule has 3 rings (SSSR count). The Kier molecular flexibility index (Phi) is 2.52. The van der Waals surface area contributed by atoms with Crippen molar-refractivity contribution in [3.63, 3.8) is 0 Å². The molecule has 88 valence electrons. The lowest BCUT2D eigenvalue weighted by molar-refractivity contribution is 0.196. The minimum Gasteiger partial charge on any atom is -0.472 e. The van der Waals surface area contributed by atoms with Crippen LogP contribution in [0.1, 0.15) is 36.4 Å². The van der Waals surface area contributed by atoms with Gasteiger partial charge in [-0.2, -0.15) is 0 Å². The highest BCUT2D eigenvalue weighted by molar-refractivity contribution is 5.34. The molecule has 1 atom stereocenters. The van der Waals surface area contributed by atoms with Crippen LogP contribution in [0.25, 0.3) is 0 Å². The van der Waals surface area contributed by atoms with E-state index in [9.17, 15) is 0 Å². The molecule has 1 aromatic heterocycles. The molecule has 1 fully saturated rings. The number of furan rings is 1. The second kappa shape index (κ2) is 4.04. The fraction of sp³-hybridized carbons (Fsp3) is 0.333. The molecule has 1 aliphatic carbocycles. The average molecular weight is 227 g/mol. The van der Waals surface area contributed by atoms with Crippen LogP contribution in [0.4, 0.5) is 0 Å². The SMILES string of the molecule is NC(c1ccoc1)C1(c2ccccc2)CCC1. The normalized spacial score (nSPS) is 19.6. The standard InChI is InChI=1S/C15H17NO/c16-14(12-7-10-17-11-12)15(8-4-9-15)13-5-2-1-3-6-13/h1-3,5-7,10-11,14H,4,8-9,16H2. The van der Waals surface area contributed by atoms with Gasteiger partial charge in [0.2, 0.25) is 0 Å². The second-order valence-corrected chi connectivity index (χ2v) is 4.91. The van der Waals surface area contributed by atoms with Crippen molar-refractivity contribution in [3.8, 4) is 0 Å². The summed E-state index contributed by atoms with van der Waals surface area (Å²) in [7, 11) is 0. The van der Waals surface area contributed by atoms with Crippen molar-refractivity contribution < 1.29 is 4.42 Å². The van der Waals surface area contributed by atoms with E-state index in [1.54, 1.807) is 12.5 Å². The molecule has 2 aromatic rings. The molecule has 0 aliphatic heterocycles. The molecule has 0 radical (unpaired) electrons. The molecule has 1 unspecified atom stereocenters. The third-order valence-corrected chi connectivity index (χ3v) is 4.09. The van der Waals surface area contributed by atoms with E-state index < -0.39 is 0 Å². The summed E-state index contributed by atoms with van der Waals surface area (Å²) in [6.45, 7) is 0. The highest BCUT2D eigenvalue weighted by Crippen LogP contribution is 2.51. The Bertz CT molecular complexity index is 471. The van der Waals surface area contributed by atoms with Crippen LogP contribution in [0, 0.1) is 0 Å². The van der Waals surface area contributed by atoms with E-state index in [0.717, 1.165) is 5.56 Å². The van der Waals surface area contributed by atoms with E-state index in [0.29, 0.717) is 0 Å². The molecule has 2 N–H and O–H groups in total. The van der Waals surface area contributed by atoms with Crippen molar-refractivity contribution in [1.29, 1.82) is 0 Å². The summed E-state index contributed by atoms with van der Waals surface area (Å²) in [5, 5.41) is 0. The summed E-state index contributed by atoms with van der Waals surface area (Å²) in [4.78, 5) is 0. The number of nitrogens with two attached hydrogens (primary N) is 1. The van der Waals surface area contributed by atoms with E-state index in [4.69, 9.17) is 10.2 Å². The second-order valence-electron chi connectivity index (χ2n) is 4.91. The Balaban J connectivity index is 1.98. The van der Waals surface area contributed by atoms with E-state index in [2.05, 4.69) is 30.3 Å². The zero-order valence-electron chi connectivity index (χ0n) is 9.80. The molecule has 1 heterocycles. The predicted molar refractivity (Wildman–Crippen MR) is 67.6 cm³/mol. The largest absolute Gasteiger partial charge is 0.472 e. The highest BCUT2D eigenvalue weighted by Gasteiger charge is 2.44. The Morgan fingerprint density at radius 1 is 1.12 bits per heavy atom. The Labute approximate surface area is 101 Å². The van der Waals surface area contributed by atoms with Gasteiger partial charge in [-0.1, -0.05) is 36.8 Å². The average Bonchev–Trinajstić information content (AvgIpc) is 2.82. The summed E-state index contributed by atoms with van der Waals surface area (Å²) in [6, 6.07) is 12.7. The lowest BCUT2D eigenvalue weighted by Crippen LogP contribution is -2.44. The highest BCUT2D eigenvalue weighted by atomic mass is 16.3. The van der Waals surface area contributed by atoms with E-state index in [1.807, 2.05) is 6.07 Å². The minimum absolute atomic E-state index is 0.0393. The van der Waals surface area contributed by atoms with Crippen molar-refractivity contribution in [2.75, 3.05) is 0 Å². The van der Waals surface area contributed by atoms with Gasteiger partial charge in [0.05, 0.1) is 12.5 Å². The van der Waals surface area contributed by atoms with Crippen LogP contribution in [0.2, 0.25) is 0 Å². The Morgan fingerprint density at radius 2 is 1.88 bits per heavy atom. The maximum Gasteiger partial charge on any atom is 0.0950 e. The van der Waals surface area contributed by atoms with Crippen LogP contribution in [-0.2, 0) is 5.41 Å². The maximum atomic E-state index is 6.45. The van der Waals surface area contributed by atoms with Gasteiger partial charge in [-0.15, -0.1) is 0 Å². The Morgan fingerprint density at radius 3 is 2.41 bits per heavy atom. The lowest BCUT2D eigenvalue weighted by atomic mass is 9.59. The van der Waals surface area contributed by atoms with Gasteiger partial charge in [0, 0.05) is 17.0 Å². The summed E-state index contributed by atoms with van der Waals surface area (Å²) in [6.07, 6.45) is 7.08. The molecule has 0 bridgehead atoms. The van der Waals surface area contributed by atoms with Gasteiger partial charge in [0.15, 0.2) is 0 Å². The van der Waals surface area contributed by atoms with Crippen LogP contribution in [-0.4, -0.2) is 0 Å². The number of rotatable bonds is 3. The number of benzene rings is 1. The first-order valence-electron chi connectivity index (χ1n) is 6.16. The summed E-state index contributed by atoms with van der Waals surface area (Å²) in [5.74, 6) is 0. The summed E-state index contributed by atoms with van der Waals surface area (Å²) < 4.78 is 5.16. The molecule has 1 aromatic carbocycles. The van der Waals surface area contributed by atoms with Crippen molar-refractivity contribution in [1.82, 2.24) is 0 Å². The third-order valence-electron chi connectivity index (χ3n) is 4.09. The van der Waals surface area contributed by atoms with Crippen LogP contribution in [0.15, 0.2) is 53.3 Å². The van der Waals surface area contributed by atoms with Crippen LogP contribution >= 0.6 is 0 Å². The molecule has 1 saturated carbocycles. The van der Waals surface area contributed by atoms with Gasteiger partial charge in [-0.25, -0.2) is 0 Å². The molecule has 0 amide bonds. The topological polar surface area (TPSA) is 39.2 Å². The van der Waals surface area contributed by atoms with Crippen LogP contribution in [0.3, 0.4) is 0 Å².